The van der Waals surface area contributed by atoms with Gasteiger partial charge in [0.2, 0.25) is 11.8 Å². The monoisotopic (exact) mass is 652 g/mol. The van der Waals surface area contributed by atoms with Gasteiger partial charge in [-0.15, -0.1) is 10.2 Å². The lowest BCUT2D eigenvalue weighted by molar-refractivity contribution is -0.139. The topological polar surface area (TPSA) is 119 Å². The van der Waals surface area contributed by atoms with Crippen LogP contribution in [0, 0.1) is 13.8 Å². The van der Waals surface area contributed by atoms with Crippen molar-refractivity contribution in [3.05, 3.63) is 96.4 Å². The summed E-state index contributed by atoms with van der Waals surface area (Å²) in [5.41, 5.74) is 4.53. The van der Waals surface area contributed by atoms with E-state index in [0.29, 0.717) is 38.2 Å². The first-order valence-corrected chi connectivity index (χ1v) is 15.4. The molecule has 0 saturated carbocycles. The minimum absolute atomic E-state index is 0.293. The minimum atomic E-state index is -0.410. The fourth-order valence-electron chi connectivity index (χ4n) is 3.26. The SMILES string of the molecule is C=CC(=O)OCCOC.C=CC(=O)OCCOC.CCCCCCOC.Cc1ccc(/C=C/c2ccc(-c3nnc(C)o3)cc2)cc1. The van der Waals surface area contributed by atoms with Gasteiger partial charge in [0.25, 0.3) is 0 Å². The summed E-state index contributed by atoms with van der Waals surface area (Å²) in [5.74, 6) is 0.314. The van der Waals surface area contributed by atoms with E-state index in [1.165, 1.54) is 36.8 Å². The number of unbranched alkanes of at least 4 members (excludes halogenated alkanes) is 3. The molecule has 0 aliphatic carbocycles. The Morgan fingerprint density at radius 1 is 0.681 bits per heavy atom. The fraction of sp³-hybridized carbons (Fsp3) is 0.405. The molecule has 1 heterocycles. The Morgan fingerprint density at radius 2 is 1.17 bits per heavy atom. The Labute approximate surface area is 280 Å². The standard InChI is InChI=1S/C18H16N2O.C7H16O.2C6H10O3/c1-13-3-5-15(6-4-13)7-8-16-9-11-17(12-10-16)18-20-19-14(2)21-18;1-3-4-5-6-7-8-2;2*1-3-6(7)9-5-4-8-2/h3-12H,1-2H3;3-7H2,1-2H3;2*3H,1,4-5H2,2H3/b8-7+;;;. The lowest BCUT2D eigenvalue weighted by Crippen LogP contribution is -2.06. The maximum atomic E-state index is 10.3. The number of carbonyl (C=O) groups excluding carboxylic acids is 2. The van der Waals surface area contributed by atoms with Crippen molar-refractivity contribution in [3.8, 4) is 11.5 Å². The van der Waals surface area contributed by atoms with Gasteiger partial charge < -0.3 is 28.1 Å². The van der Waals surface area contributed by atoms with Crippen LogP contribution in [0.15, 0.2) is 78.3 Å². The van der Waals surface area contributed by atoms with Gasteiger partial charge >= 0.3 is 11.9 Å². The maximum absolute atomic E-state index is 10.3. The molecule has 10 nitrogen and oxygen atoms in total. The second-order valence-corrected chi connectivity index (χ2v) is 9.77. The minimum Gasteiger partial charge on any atom is -0.460 e. The summed E-state index contributed by atoms with van der Waals surface area (Å²) in [6, 6.07) is 16.5. The number of rotatable bonds is 16. The number of methoxy groups -OCH3 is 3. The van der Waals surface area contributed by atoms with Crippen molar-refractivity contribution >= 4 is 24.1 Å². The van der Waals surface area contributed by atoms with Crippen LogP contribution in [0.3, 0.4) is 0 Å². The van der Waals surface area contributed by atoms with Crippen LogP contribution in [-0.2, 0) is 33.3 Å². The molecule has 0 unspecified atom stereocenters. The smallest absolute Gasteiger partial charge is 0.330 e. The Balaban J connectivity index is 0.000000683. The largest absolute Gasteiger partial charge is 0.460 e. The van der Waals surface area contributed by atoms with Crippen LogP contribution in [0.1, 0.15) is 55.2 Å². The molecule has 0 spiro atoms. The number of nitrogens with zero attached hydrogens (tertiary/aromatic N) is 2. The molecule has 0 radical (unpaired) electrons. The van der Waals surface area contributed by atoms with E-state index in [0.717, 1.165) is 29.9 Å². The third kappa shape index (κ3) is 23.6. The summed E-state index contributed by atoms with van der Waals surface area (Å²) in [6.07, 6.45) is 11.6. The average molecular weight is 653 g/mol. The highest BCUT2D eigenvalue weighted by Crippen LogP contribution is 2.19. The predicted octanol–water partition coefficient (Wildman–Crippen LogP) is 7.46. The summed E-state index contributed by atoms with van der Waals surface area (Å²) in [4.78, 5) is 20.6. The Hall–Kier alpha value is -4.38. The molecule has 3 aromatic rings. The summed E-state index contributed by atoms with van der Waals surface area (Å²) in [7, 11) is 4.84. The molecule has 47 heavy (non-hydrogen) atoms. The highest BCUT2D eigenvalue weighted by atomic mass is 16.6. The van der Waals surface area contributed by atoms with Gasteiger partial charge in [-0.25, -0.2) is 9.59 Å². The molecule has 2 aromatic carbocycles. The van der Waals surface area contributed by atoms with Crippen LogP contribution in [0.25, 0.3) is 23.6 Å². The highest BCUT2D eigenvalue weighted by Gasteiger charge is 2.04. The summed E-state index contributed by atoms with van der Waals surface area (Å²) < 4.78 is 28.6. The molecule has 3 rings (SSSR count). The number of aryl methyl sites for hydroxylation is 2. The Kier molecular flexibility index (Phi) is 26.3. The van der Waals surface area contributed by atoms with Crippen molar-refractivity contribution < 1.29 is 37.7 Å². The van der Waals surface area contributed by atoms with Gasteiger partial charge in [0, 0.05) is 52.6 Å². The van der Waals surface area contributed by atoms with E-state index < -0.39 is 11.9 Å². The normalized spacial score (nSPS) is 9.91. The van der Waals surface area contributed by atoms with E-state index in [2.05, 4.69) is 92.6 Å². The second kappa shape index (κ2) is 29.1. The van der Waals surface area contributed by atoms with Crippen LogP contribution < -0.4 is 0 Å². The van der Waals surface area contributed by atoms with E-state index in [9.17, 15) is 9.59 Å². The zero-order valence-corrected chi connectivity index (χ0v) is 28.9. The van der Waals surface area contributed by atoms with Gasteiger partial charge in [0.15, 0.2) is 0 Å². The molecule has 10 heteroatoms. The van der Waals surface area contributed by atoms with Gasteiger partial charge in [0.05, 0.1) is 13.2 Å². The molecule has 0 amide bonds. The third-order valence-corrected chi connectivity index (χ3v) is 5.83. The molecular formula is C37H52N2O8. The van der Waals surface area contributed by atoms with E-state index in [-0.39, 0.29) is 0 Å². The molecule has 258 valence electrons. The number of hydrogen-bond acceptors (Lipinski definition) is 10. The first-order chi connectivity index (χ1) is 22.7. The third-order valence-electron chi connectivity index (χ3n) is 5.83. The second-order valence-electron chi connectivity index (χ2n) is 9.77. The van der Waals surface area contributed by atoms with Crippen molar-refractivity contribution in [2.24, 2.45) is 0 Å². The number of ether oxygens (including phenoxy) is 5. The van der Waals surface area contributed by atoms with E-state index in [1.807, 2.05) is 24.3 Å². The first-order valence-electron chi connectivity index (χ1n) is 15.4. The molecule has 0 fully saturated rings. The molecule has 1 aromatic heterocycles. The summed E-state index contributed by atoms with van der Waals surface area (Å²) in [5, 5.41) is 7.85. The summed E-state index contributed by atoms with van der Waals surface area (Å²) >= 11 is 0. The van der Waals surface area contributed by atoms with Crippen molar-refractivity contribution in [3.63, 3.8) is 0 Å². The maximum Gasteiger partial charge on any atom is 0.330 e. The fourth-order valence-corrected chi connectivity index (χ4v) is 3.26. The van der Waals surface area contributed by atoms with Gasteiger partial charge in [0.1, 0.15) is 13.2 Å². The highest BCUT2D eigenvalue weighted by molar-refractivity contribution is 5.81. The van der Waals surface area contributed by atoms with Crippen molar-refractivity contribution in [1.82, 2.24) is 10.2 Å². The Bertz CT molecular complexity index is 1240. The van der Waals surface area contributed by atoms with Gasteiger partial charge in [-0.1, -0.05) is 93.5 Å². The zero-order valence-electron chi connectivity index (χ0n) is 28.9. The van der Waals surface area contributed by atoms with Crippen molar-refractivity contribution in [1.29, 1.82) is 0 Å². The molecule has 0 atom stereocenters. The zero-order chi connectivity index (χ0) is 35.1. The van der Waals surface area contributed by atoms with Crippen LogP contribution in [0.4, 0.5) is 0 Å². The van der Waals surface area contributed by atoms with Gasteiger partial charge in [-0.3, -0.25) is 0 Å². The lowest BCUT2D eigenvalue weighted by Gasteiger charge is -1.98. The average Bonchev–Trinajstić information content (AvgIpc) is 3.53. The number of esters is 2. The quantitative estimate of drug-likeness (QED) is 0.0667. The molecule has 0 aliphatic heterocycles. The lowest BCUT2D eigenvalue weighted by atomic mass is 10.1. The summed E-state index contributed by atoms with van der Waals surface area (Å²) in [6.45, 7) is 14.9. The van der Waals surface area contributed by atoms with Crippen LogP contribution in [0.5, 0.6) is 0 Å². The van der Waals surface area contributed by atoms with Gasteiger partial charge in [-0.05, 0) is 36.6 Å². The van der Waals surface area contributed by atoms with E-state index in [4.69, 9.17) is 9.15 Å². The first kappa shape index (κ1) is 42.6. The number of aromatic nitrogens is 2. The molecule has 0 saturated heterocycles. The number of benzene rings is 2. The van der Waals surface area contributed by atoms with Crippen molar-refractivity contribution in [2.45, 2.75) is 46.5 Å². The van der Waals surface area contributed by atoms with E-state index in [1.54, 1.807) is 28.3 Å². The molecule has 0 aliphatic rings. The number of carbonyl (C=O) groups is 2. The molecule has 0 bridgehead atoms. The van der Waals surface area contributed by atoms with Crippen LogP contribution in [0.2, 0.25) is 0 Å². The van der Waals surface area contributed by atoms with Crippen molar-refractivity contribution in [2.75, 3.05) is 54.4 Å². The van der Waals surface area contributed by atoms with Crippen LogP contribution >= 0.6 is 0 Å². The van der Waals surface area contributed by atoms with Gasteiger partial charge in [-0.2, -0.15) is 0 Å². The van der Waals surface area contributed by atoms with Crippen LogP contribution in [-0.4, -0.2) is 76.5 Å². The Morgan fingerprint density at radius 3 is 1.57 bits per heavy atom. The number of hydrogen-bond donors (Lipinski definition) is 0. The molecule has 0 N–H and O–H groups in total. The predicted molar refractivity (Wildman–Crippen MR) is 187 cm³/mol. The van der Waals surface area contributed by atoms with E-state index >= 15 is 0 Å². The molecular weight excluding hydrogens is 600 g/mol.